The molecule has 1 aromatic carbocycles. The number of carbonyl (C=O) groups is 1. The number of carboxylic acids is 1. The number of H-pyrrole nitrogens is 1. The average molecular weight is 519 g/mol. The van der Waals surface area contributed by atoms with E-state index in [2.05, 4.69) is 11.9 Å². The van der Waals surface area contributed by atoms with Gasteiger partial charge in [-0.3, -0.25) is 13.9 Å². The third kappa shape index (κ3) is 5.13. The lowest BCUT2D eigenvalue weighted by Crippen LogP contribution is -2.45. The van der Waals surface area contributed by atoms with Gasteiger partial charge in [-0.15, -0.1) is 0 Å². The highest BCUT2D eigenvalue weighted by Crippen LogP contribution is 2.35. The molecule has 0 bridgehead atoms. The number of rotatable bonds is 7. The molecule has 2 aromatic heterocycles. The van der Waals surface area contributed by atoms with Gasteiger partial charge in [-0.1, -0.05) is 62.8 Å². The lowest BCUT2D eigenvalue weighted by Gasteiger charge is -2.32. The molecule has 2 saturated carbocycles. The van der Waals surface area contributed by atoms with E-state index in [0.717, 1.165) is 55.7 Å². The number of fused-ring (bicyclic) bond motifs is 1. The van der Waals surface area contributed by atoms with Crippen LogP contribution in [0.3, 0.4) is 0 Å². The number of hydrogen-bond donors (Lipinski definition) is 2. The minimum absolute atomic E-state index is 0.0486. The van der Waals surface area contributed by atoms with Gasteiger partial charge in [0.25, 0.3) is 5.56 Å². The SMILES string of the molecule is CC(C1CCCCC1)n1c(=O)c2nc(-c3ccc(C=CC(=O)O)cc3)[nH]c2n(C(C)C2CCCCC2)c1=O. The molecule has 2 heterocycles. The molecule has 0 aliphatic heterocycles. The van der Waals surface area contributed by atoms with Gasteiger partial charge in [-0.2, -0.15) is 0 Å². The van der Waals surface area contributed by atoms with E-state index in [1.54, 1.807) is 0 Å². The summed E-state index contributed by atoms with van der Waals surface area (Å²) in [5.41, 5.74) is 1.76. The van der Waals surface area contributed by atoms with Crippen molar-refractivity contribution in [2.75, 3.05) is 0 Å². The first-order valence-corrected chi connectivity index (χ1v) is 14.1. The maximum atomic E-state index is 14.1. The second kappa shape index (κ2) is 11.1. The molecule has 2 aliphatic rings. The van der Waals surface area contributed by atoms with Crippen LogP contribution in [0.15, 0.2) is 39.9 Å². The Morgan fingerprint density at radius 2 is 1.47 bits per heavy atom. The number of aromatic amines is 1. The van der Waals surface area contributed by atoms with Crippen molar-refractivity contribution in [3.05, 3.63) is 56.7 Å². The van der Waals surface area contributed by atoms with Crippen molar-refractivity contribution >= 4 is 23.2 Å². The van der Waals surface area contributed by atoms with Gasteiger partial charge in [-0.05, 0) is 63.0 Å². The van der Waals surface area contributed by atoms with E-state index in [1.165, 1.54) is 36.3 Å². The first-order valence-electron chi connectivity index (χ1n) is 14.1. The highest BCUT2D eigenvalue weighted by molar-refractivity contribution is 5.85. The van der Waals surface area contributed by atoms with E-state index >= 15 is 0 Å². The van der Waals surface area contributed by atoms with Gasteiger partial charge >= 0.3 is 11.7 Å². The zero-order valence-electron chi connectivity index (χ0n) is 22.4. The fourth-order valence-electron chi connectivity index (χ4n) is 6.55. The zero-order valence-corrected chi connectivity index (χ0v) is 22.4. The number of benzene rings is 1. The van der Waals surface area contributed by atoms with E-state index < -0.39 is 5.97 Å². The molecule has 0 amide bonds. The van der Waals surface area contributed by atoms with E-state index in [0.29, 0.717) is 28.8 Å². The number of aliphatic carboxylic acids is 1. The molecular weight excluding hydrogens is 480 g/mol. The van der Waals surface area contributed by atoms with Gasteiger partial charge in [0.05, 0.1) is 0 Å². The predicted octanol–water partition coefficient (Wildman–Crippen LogP) is 5.93. The Balaban J connectivity index is 1.63. The van der Waals surface area contributed by atoms with Crippen molar-refractivity contribution in [3.63, 3.8) is 0 Å². The van der Waals surface area contributed by atoms with Crippen LogP contribution >= 0.6 is 0 Å². The van der Waals surface area contributed by atoms with Crippen LogP contribution < -0.4 is 11.2 Å². The monoisotopic (exact) mass is 518 g/mol. The van der Waals surface area contributed by atoms with Gasteiger partial charge in [0.2, 0.25) is 0 Å². The molecular formula is C30H38N4O4. The van der Waals surface area contributed by atoms with E-state index in [9.17, 15) is 14.4 Å². The Kier molecular flexibility index (Phi) is 7.68. The molecule has 3 aromatic rings. The molecule has 5 rings (SSSR count). The van der Waals surface area contributed by atoms with Gasteiger partial charge in [0, 0.05) is 23.7 Å². The summed E-state index contributed by atoms with van der Waals surface area (Å²) in [6.07, 6.45) is 13.9. The van der Waals surface area contributed by atoms with E-state index in [1.807, 2.05) is 35.8 Å². The number of hydrogen-bond acceptors (Lipinski definition) is 4. The molecule has 2 atom stereocenters. The lowest BCUT2D eigenvalue weighted by atomic mass is 9.84. The molecule has 0 spiro atoms. The van der Waals surface area contributed by atoms with Crippen LogP contribution in [-0.4, -0.2) is 30.2 Å². The van der Waals surface area contributed by atoms with Crippen LogP contribution in [0.5, 0.6) is 0 Å². The third-order valence-corrected chi connectivity index (χ3v) is 8.84. The van der Waals surface area contributed by atoms with Crippen LogP contribution in [-0.2, 0) is 4.79 Å². The van der Waals surface area contributed by atoms with E-state index in [4.69, 9.17) is 10.1 Å². The van der Waals surface area contributed by atoms with Crippen LogP contribution in [0.2, 0.25) is 0 Å². The van der Waals surface area contributed by atoms with E-state index in [-0.39, 0.29) is 23.3 Å². The molecule has 8 nitrogen and oxygen atoms in total. The van der Waals surface area contributed by atoms with Crippen molar-refractivity contribution in [3.8, 4) is 11.4 Å². The standard InChI is InChI=1S/C30H38N4O4/c1-19(22-9-5-3-6-10-22)33-28-26(29(37)34(30(33)38)20(2)23-11-7-4-8-12-23)31-27(32-28)24-16-13-21(14-17-24)15-18-25(35)36/h13-20,22-23H,3-12H2,1-2H3,(H,31,32)(H,35,36). The highest BCUT2D eigenvalue weighted by atomic mass is 16.4. The van der Waals surface area contributed by atoms with Crippen molar-refractivity contribution in [2.45, 2.75) is 90.1 Å². The predicted molar refractivity (Wildman–Crippen MR) is 149 cm³/mol. The molecule has 0 saturated heterocycles. The number of carboxylic acid groups (broad SMARTS) is 1. The molecule has 2 aliphatic carbocycles. The smallest absolute Gasteiger partial charge is 0.333 e. The van der Waals surface area contributed by atoms with Gasteiger partial charge in [0.1, 0.15) is 11.5 Å². The van der Waals surface area contributed by atoms with Crippen molar-refractivity contribution < 1.29 is 9.90 Å². The Morgan fingerprint density at radius 3 is 2.03 bits per heavy atom. The van der Waals surface area contributed by atoms with Crippen molar-refractivity contribution in [2.24, 2.45) is 11.8 Å². The molecule has 2 N–H and O–H groups in total. The average Bonchev–Trinajstić information content (AvgIpc) is 3.38. The molecule has 0 radical (unpaired) electrons. The molecule has 2 fully saturated rings. The minimum Gasteiger partial charge on any atom is -0.478 e. The summed E-state index contributed by atoms with van der Waals surface area (Å²) in [5.74, 6) is 0.218. The Morgan fingerprint density at radius 1 is 0.921 bits per heavy atom. The maximum absolute atomic E-state index is 14.1. The highest BCUT2D eigenvalue weighted by Gasteiger charge is 2.30. The number of nitrogens with one attached hydrogen (secondary N) is 1. The van der Waals surface area contributed by atoms with Crippen LogP contribution in [0, 0.1) is 11.8 Å². The molecule has 202 valence electrons. The summed E-state index contributed by atoms with van der Waals surface area (Å²) >= 11 is 0. The number of aromatic nitrogens is 4. The van der Waals surface area contributed by atoms with Gasteiger partial charge < -0.3 is 10.1 Å². The summed E-state index contributed by atoms with van der Waals surface area (Å²) in [6, 6.07) is 7.08. The van der Waals surface area contributed by atoms with Crippen LogP contribution in [0.25, 0.3) is 28.6 Å². The summed E-state index contributed by atoms with van der Waals surface area (Å²) in [7, 11) is 0. The lowest BCUT2D eigenvalue weighted by molar-refractivity contribution is -0.131. The van der Waals surface area contributed by atoms with Crippen LogP contribution in [0.1, 0.15) is 95.7 Å². The largest absolute Gasteiger partial charge is 0.478 e. The summed E-state index contributed by atoms with van der Waals surface area (Å²) < 4.78 is 3.30. The Labute approximate surface area is 222 Å². The first-order chi connectivity index (χ1) is 18.3. The normalized spacial score (nSPS) is 19.2. The quantitative estimate of drug-likeness (QED) is 0.377. The first kappa shape index (κ1) is 26.2. The molecule has 2 unspecified atom stereocenters. The summed E-state index contributed by atoms with van der Waals surface area (Å²) in [6.45, 7) is 4.14. The zero-order chi connectivity index (χ0) is 26.8. The van der Waals surface area contributed by atoms with Crippen molar-refractivity contribution in [1.82, 2.24) is 19.1 Å². The minimum atomic E-state index is -1.00. The molecule has 8 heteroatoms. The topological polar surface area (TPSA) is 110 Å². The second-order valence-corrected chi connectivity index (χ2v) is 11.2. The fourth-order valence-corrected chi connectivity index (χ4v) is 6.55. The van der Waals surface area contributed by atoms with Crippen molar-refractivity contribution in [1.29, 1.82) is 0 Å². The number of nitrogens with zero attached hydrogens (tertiary/aromatic N) is 3. The summed E-state index contributed by atoms with van der Waals surface area (Å²) in [4.78, 5) is 46.8. The molecule has 38 heavy (non-hydrogen) atoms. The maximum Gasteiger partial charge on any atom is 0.333 e. The second-order valence-electron chi connectivity index (χ2n) is 11.2. The fraction of sp³-hybridized carbons (Fsp3) is 0.533. The third-order valence-electron chi connectivity index (χ3n) is 8.84. The van der Waals surface area contributed by atoms with Gasteiger partial charge in [0.15, 0.2) is 5.52 Å². The number of imidazole rings is 1. The summed E-state index contributed by atoms with van der Waals surface area (Å²) in [5, 5.41) is 8.88. The Bertz CT molecular complexity index is 1430. The Hall–Kier alpha value is -3.42. The van der Waals surface area contributed by atoms with Gasteiger partial charge in [-0.25, -0.2) is 14.6 Å². The van der Waals surface area contributed by atoms with Crippen LogP contribution in [0.4, 0.5) is 0 Å².